The van der Waals surface area contributed by atoms with E-state index >= 15 is 0 Å². The zero-order valence-corrected chi connectivity index (χ0v) is 16.2. The van der Waals surface area contributed by atoms with E-state index in [1.165, 1.54) is 35.3 Å². The van der Waals surface area contributed by atoms with Gasteiger partial charge in [0.05, 0.1) is 29.6 Å². The molecule has 0 aliphatic heterocycles. The first-order valence-corrected chi connectivity index (χ1v) is 9.12. The van der Waals surface area contributed by atoms with Gasteiger partial charge >= 0.3 is 6.18 Å². The van der Waals surface area contributed by atoms with Gasteiger partial charge in [0.15, 0.2) is 0 Å². The third kappa shape index (κ3) is 5.60. The summed E-state index contributed by atoms with van der Waals surface area (Å²) in [6, 6.07) is 13.0. The molecule has 0 saturated carbocycles. The Morgan fingerprint density at radius 1 is 1.03 bits per heavy atom. The number of alkyl halides is 3. The smallest absolute Gasteiger partial charge is 0.343 e. The van der Waals surface area contributed by atoms with Crippen LogP contribution in [0.25, 0.3) is 0 Å². The SMILES string of the molecule is O=C(Nc1ccccc1C(=O)NCC(F)(F)F)c1cnn(Cc2ccccc2Cl)c1. The normalized spacial score (nSPS) is 11.2. The Labute approximate surface area is 174 Å². The van der Waals surface area contributed by atoms with Crippen LogP contribution in [0.1, 0.15) is 26.3 Å². The quantitative estimate of drug-likeness (QED) is 0.610. The predicted molar refractivity (Wildman–Crippen MR) is 106 cm³/mol. The molecule has 156 valence electrons. The average molecular weight is 437 g/mol. The summed E-state index contributed by atoms with van der Waals surface area (Å²) in [7, 11) is 0. The molecule has 10 heteroatoms. The van der Waals surface area contributed by atoms with E-state index in [9.17, 15) is 22.8 Å². The molecule has 0 aliphatic rings. The van der Waals surface area contributed by atoms with Crippen molar-refractivity contribution in [1.29, 1.82) is 0 Å². The highest BCUT2D eigenvalue weighted by molar-refractivity contribution is 6.31. The van der Waals surface area contributed by atoms with Crippen LogP contribution < -0.4 is 10.6 Å². The van der Waals surface area contributed by atoms with Gasteiger partial charge in [0.1, 0.15) is 6.54 Å². The van der Waals surface area contributed by atoms with Crippen molar-refractivity contribution in [3.05, 3.63) is 82.6 Å². The number of hydrogen-bond donors (Lipinski definition) is 2. The summed E-state index contributed by atoms with van der Waals surface area (Å²) < 4.78 is 38.6. The molecule has 2 amide bonds. The Morgan fingerprint density at radius 2 is 1.73 bits per heavy atom. The van der Waals surface area contributed by atoms with E-state index in [4.69, 9.17) is 11.6 Å². The van der Waals surface area contributed by atoms with Crippen LogP contribution in [0.2, 0.25) is 5.02 Å². The molecular formula is C20H16ClF3N4O2. The number of nitrogens with one attached hydrogen (secondary N) is 2. The summed E-state index contributed by atoms with van der Waals surface area (Å²) in [4.78, 5) is 24.6. The molecule has 1 aromatic heterocycles. The van der Waals surface area contributed by atoms with Crippen molar-refractivity contribution in [1.82, 2.24) is 15.1 Å². The van der Waals surface area contributed by atoms with Crippen molar-refractivity contribution in [2.24, 2.45) is 0 Å². The highest BCUT2D eigenvalue weighted by Crippen LogP contribution is 2.19. The van der Waals surface area contributed by atoms with Gasteiger partial charge in [0.25, 0.3) is 11.8 Å². The van der Waals surface area contributed by atoms with Gasteiger partial charge < -0.3 is 10.6 Å². The fourth-order valence-electron chi connectivity index (χ4n) is 2.63. The number of aromatic nitrogens is 2. The Bertz CT molecular complexity index is 1070. The second-order valence-corrected chi connectivity index (χ2v) is 6.72. The van der Waals surface area contributed by atoms with Crippen LogP contribution in [0.5, 0.6) is 0 Å². The molecule has 3 aromatic rings. The molecule has 0 fully saturated rings. The molecule has 3 rings (SSSR count). The number of amides is 2. The monoisotopic (exact) mass is 436 g/mol. The van der Waals surface area contributed by atoms with Crippen LogP contribution in [0.15, 0.2) is 60.9 Å². The van der Waals surface area contributed by atoms with Gasteiger partial charge in [0.2, 0.25) is 0 Å². The lowest BCUT2D eigenvalue weighted by Gasteiger charge is -2.12. The topological polar surface area (TPSA) is 76.0 Å². The molecule has 0 radical (unpaired) electrons. The number of rotatable bonds is 6. The summed E-state index contributed by atoms with van der Waals surface area (Å²) in [5.74, 6) is -1.51. The van der Waals surface area contributed by atoms with Crippen LogP contribution >= 0.6 is 11.6 Å². The van der Waals surface area contributed by atoms with Crippen molar-refractivity contribution < 1.29 is 22.8 Å². The van der Waals surface area contributed by atoms with E-state index in [0.29, 0.717) is 11.6 Å². The highest BCUT2D eigenvalue weighted by Gasteiger charge is 2.28. The lowest BCUT2D eigenvalue weighted by molar-refractivity contribution is -0.123. The minimum atomic E-state index is -4.54. The van der Waals surface area contributed by atoms with Gasteiger partial charge in [0, 0.05) is 11.2 Å². The van der Waals surface area contributed by atoms with Gasteiger partial charge in [-0.15, -0.1) is 0 Å². The zero-order chi connectivity index (χ0) is 21.7. The van der Waals surface area contributed by atoms with E-state index in [1.807, 2.05) is 12.1 Å². The molecule has 2 aromatic carbocycles. The number of carbonyl (C=O) groups is 2. The second-order valence-electron chi connectivity index (χ2n) is 6.32. The van der Waals surface area contributed by atoms with E-state index in [1.54, 1.807) is 23.5 Å². The maximum atomic E-state index is 12.5. The Hall–Kier alpha value is -3.33. The van der Waals surface area contributed by atoms with Gasteiger partial charge in [-0.25, -0.2) is 0 Å². The minimum absolute atomic E-state index is 0.0843. The third-order valence-corrected chi connectivity index (χ3v) is 4.42. The van der Waals surface area contributed by atoms with Gasteiger partial charge in [-0.1, -0.05) is 41.9 Å². The summed E-state index contributed by atoms with van der Waals surface area (Å²) in [5.41, 5.74) is 1.04. The van der Waals surface area contributed by atoms with Gasteiger partial charge in [-0.3, -0.25) is 14.3 Å². The summed E-state index contributed by atoms with van der Waals surface area (Å²) in [6.07, 6.45) is -1.69. The molecule has 30 heavy (non-hydrogen) atoms. The second kappa shape index (κ2) is 9.00. The Kier molecular flexibility index (Phi) is 6.41. The first kappa shape index (κ1) is 21.4. The van der Waals surface area contributed by atoms with E-state index in [-0.39, 0.29) is 16.8 Å². The van der Waals surface area contributed by atoms with Crippen LogP contribution in [0, 0.1) is 0 Å². The first-order valence-electron chi connectivity index (χ1n) is 8.74. The molecule has 0 aliphatic carbocycles. The van der Waals surface area contributed by atoms with Crippen LogP contribution in [0.3, 0.4) is 0 Å². The lowest BCUT2D eigenvalue weighted by atomic mass is 10.1. The Balaban J connectivity index is 1.70. The molecule has 0 saturated heterocycles. The number of hydrogen-bond acceptors (Lipinski definition) is 3. The van der Waals surface area contributed by atoms with Gasteiger partial charge in [-0.2, -0.15) is 18.3 Å². The fraction of sp³-hybridized carbons (Fsp3) is 0.150. The molecule has 0 spiro atoms. The first-order chi connectivity index (χ1) is 14.2. The van der Waals surface area contributed by atoms with E-state index in [0.717, 1.165) is 5.56 Å². The zero-order valence-electron chi connectivity index (χ0n) is 15.4. The largest absolute Gasteiger partial charge is 0.405 e. The summed E-state index contributed by atoms with van der Waals surface area (Å²) >= 11 is 6.12. The number of nitrogens with zero attached hydrogens (tertiary/aromatic N) is 2. The number of halogens is 4. The summed E-state index contributed by atoms with van der Waals surface area (Å²) in [5, 5.41) is 9.01. The third-order valence-electron chi connectivity index (χ3n) is 4.05. The maximum absolute atomic E-state index is 12.5. The molecule has 0 unspecified atom stereocenters. The van der Waals surface area contributed by atoms with Crippen LogP contribution in [-0.4, -0.2) is 34.3 Å². The lowest BCUT2D eigenvalue weighted by Crippen LogP contribution is -2.34. The summed E-state index contributed by atoms with van der Waals surface area (Å²) in [6.45, 7) is -1.12. The molecule has 0 atom stereocenters. The molecule has 2 N–H and O–H groups in total. The van der Waals surface area contributed by atoms with Crippen molar-refractivity contribution in [3.8, 4) is 0 Å². The molecule has 0 bridgehead atoms. The average Bonchev–Trinajstić information content (AvgIpc) is 3.16. The fourth-order valence-corrected chi connectivity index (χ4v) is 2.82. The van der Waals surface area contributed by atoms with E-state index in [2.05, 4.69) is 10.4 Å². The van der Waals surface area contributed by atoms with E-state index < -0.39 is 24.5 Å². The maximum Gasteiger partial charge on any atom is 0.405 e. The molecule has 6 nitrogen and oxygen atoms in total. The van der Waals surface area contributed by atoms with Crippen molar-refractivity contribution in [2.45, 2.75) is 12.7 Å². The van der Waals surface area contributed by atoms with Crippen LogP contribution in [0.4, 0.5) is 18.9 Å². The predicted octanol–water partition coefficient (Wildman–Crippen LogP) is 4.13. The standard InChI is InChI=1S/C20H16ClF3N4O2/c21-16-7-3-1-5-13(16)10-28-11-14(9-26-28)18(29)27-17-8-4-2-6-15(17)19(30)25-12-20(22,23)24/h1-9,11H,10,12H2,(H,25,30)(H,27,29). The number of anilines is 1. The molecule has 1 heterocycles. The Morgan fingerprint density at radius 3 is 2.47 bits per heavy atom. The van der Waals surface area contributed by atoms with Crippen molar-refractivity contribution in [2.75, 3.05) is 11.9 Å². The minimum Gasteiger partial charge on any atom is -0.343 e. The van der Waals surface area contributed by atoms with Crippen LogP contribution in [-0.2, 0) is 6.54 Å². The number of para-hydroxylation sites is 1. The van der Waals surface area contributed by atoms with Crippen molar-refractivity contribution >= 4 is 29.1 Å². The number of carbonyl (C=O) groups excluding carboxylic acids is 2. The highest BCUT2D eigenvalue weighted by atomic mass is 35.5. The number of benzene rings is 2. The van der Waals surface area contributed by atoms with Crippen molar-refractivity contribution in [3.63, 3.8) is 0 Å². The molecular weight excluding hydrogens is 421 g/mol. The van der Waals surface area contributed by atoms with Gasteiger partial charge in [-0.05, 0) is 23.8 Å².